The summed E-state index contributed by atoms with van der Waals surface area (Å²) in [6, 6.07) is 1.68. The first-order valence-corrected chi connectivity index (χ1v) is 5.53. The summed E-state index contributed by atoms with van der Waals surface area (Å²) in [4.78, 5) is 11.9. The molecule has 1 heterocycles. The van der Waals surface area contributed by atoms with Gasteiger partial charge in [-0.3, -0.25) is 4.79 Å². The van der Waals surface area contributed by atoms with Crippen LogP contribution in [0.5, 0.6) is 0 Å². The summed E-state index contributed by atoms with van der Waals surface area (Å²) in [5.41, 5.74) is 0.612. The van der Waals surface area contributed by atoms with Gasteiger partial charge in [0.25, 0.3) is 5.91 Å². The number of rotatable bonds is 4. The number of furan rings is 1. The second-order valence-electron chi connectivity index (χ2n) is 3.11. The largest absolute Gasteiger partial charge is 0.469 e. The van der Waals surface area contributed by atoms with Crippen LogP contribution < -0.4 is 5.32 Å². The van der Waals surface area contributed by atoms with Gasteiger partial charge in [-0.1, -0.05) is 22.9 Å². The minimum atomic E-state index is -0.0749. The SMILES string of the molecule is CCC(Br)CNC(=O)c1ccoc1C. The third-order valence-electron chi connectivity index (χ3n) is 2.03. The lowest BCUT2D eigenvalue weighted by Gasteiger charge is -2.07. The number of halogens is 1. The Hall–Kier alpha value is -0.770. The second kappa shape index (κ2) is 5.20. The van der Waals surface area contributed by atoms with Gasteiger partial charge in [-0.05, 0) is 19.4 Å². The molecule has 0 spiro atoms. The summed E-state index contributed by atoms with van der Waals surface area (Å²) in [6.07, 6.45) is 2.51. The summed E-state index contributed by atoms with van der Waals surface area (Å²) < 4.78 is 5.05. The van der Waals surface area contributed by atoms with Gasteiger partial charge < -0.3 is 9.73 Å². The van der Waals surface area contributed by atoms with Crippen LogP contribution in [-0.4, -0.2) is 17.3 Å². The van der Waals surface area contributed by atoms with Crippen molar-refractivity contribution < 1.29 is 9.21 Å². The molecule has 0 aliphatic carbocycles. The number of nitrogens with one attached hydrogen (secondary N) is 1. The van der Waals surface area contributed by atoms with Crippen LogP contribution in [0.2, 0.25) is 0 Å². The van der Waals surface area contributed by atoms with Crippen molar-refractivity contribution >= 4 is 21.8 Å². The fourth-order valence-corrected chi connectivity index (χ4v) is 1.23. The molecule has 0 saturated carbocycles. The molecule has 4 heteroatoms. The fourth-order valence-electron chi connectivity index (χ4n) is 1.06. The molecule has 1 unspecified atom stereocenters. The van der Waals surface area contributed by atoms with E-state index in [0.29, 0.717) is 22.7 Å². The van der Waals surface area contributed by atoms with E-state index in [0.717, 1.165) is 6.42 Å². The highest BCUT2D eigenvalue weighted by molar-refractivity contribution is 9.09. The summed E-state index contributed by atoms with van der Waals surface area (Å²) in [5, 5.41) is 2.83. The van der Waals surface area contributed by atoms with E-state index < -0.39 is 0 Å². The van der Waals surface area contributed by atoms with Gasteiger partial charge >= 0.3 is 0 Å². The Kier molecular flexibility index (Phi) is 4.20. The predicted octanol–water partition coefficient (Wildman–Crippen LogP) is 2.49. The first-order valence-electron chi connectivity index (χ1n) is 4.61. The number of carbonyl (C=O) groups is 1. The normalized spacial score (nSPS) is 12.5. The van der Waals surface area contributed by atoms with Gasteiger partial charge in [0.15, 0.2) is 0 Å². The van der Waals surface area contributed by atoms with E-state index in [1.54, 1.807) is 13.0 Å². The Balaban J connectivity index is 2.47. The van der Waals surface area contributed by atoms with Crippen molar-refractivity contribution in [1.82, 2.24) is 5.32 Å². The van der Waals surface area contributed by atoms with Gasteiger partial charge in [0.05, 0.1) is 11.8 Å². The van der Waals surface area contributed by atoms with E-state index in [9.17, 15) is 4.79 Å². The van der Waals surface area contributed by atoms with Crippen molar-refractivity contribution in [2.75, 3.05) is 6.54 Å². The third kappa shape index (κ3) is 2.87. The topological polar surface area (TPSA) is 42.2 Å². The van der Waals surface area contributed by atoms with Crippen molar-refractivity contribution in [3.05, 3.63) is 23.7 Å². The molecule has 1 atom stereocenters. The van der Waals surface area contributed by atoms with Crippen molar-refractivity contribution in [2.24, 2.45) is 0 Å². The third-order valence-corrected chi connectivity index (χ3v) is 3.00. The Morgan fingerprint density at radius 1 is 1.71 bits per heavy atom. The predicted molar refractivity (Wildman–Crippen MR) is 58.8 cm³/mol. The van der Waals surface area contributed by atoms with Gasteiger partial charge in [-0.15, -0.1) is 0 Å². The van der Waals surface area contributed by atoms with Gasteiger partial charge in [-0.2, -0.15) is 0 Å². The minimum Gasteiger partial charge on any atom is -0.469 e. The molecule has 0 saturated heterocycles. The van der Waals surface area contributed by atoms with Gasteiger partial charge in [0, 0.05) is 11.4 Å². The Bertz CT molecular complexity index is 309. The molecule has 1 aromatic heterocycles. The highest BCUT2D eigenvalue weighted by Crippen LogP contribution is 2.09. The Morgan fingerprint density at radius 2 is 2.43 bits per heavy atom. The molecule has 1 aromatic rings. The number of hydrogen-bond acceptors (Lipinski definition) is 2. The summed E-state index contributed by atoms with van der Waals surface area (Å²) in [6.45, 7) is 4.48. The first kappa shape index (κ1) is 11.3. The molecule has 3 nitrogen and oxygen atoms in total. The van der Waals surface area contributed by atoms with Gasteiger partial charge in [-0.25, -0.2) is 0 Å². The average Bonchev–Trinajstić information content (AvgIpc) is 2.60. The van der Waals surface area contributed by atoms with Gasteiger partial charge in [0.1, 0.15) is 5.76 Å². The van der Waals surface area contributed by atoms with E-state index in [2.05, 4.69) is 28.2 Å². The lowest BCUT2D eigenvalue weighted by atomic mass is 10.2. The highest BCUT2D eigenvalue weighted by atomic mass is 79.9. The number of aryl methyl sites for hydroxylation is 1. The Morgan fingerprint density at radius 3 is 2.93 bits per heavy atom. The van der Waals surface area contributed by atoms with Crippen LogP contribution in [0.1, 0.15) is 29.5 Å². The molecular weight excluding hydrogens is 246 g/mol. The van der Waals surface area contributed by atoms with Crippen LogP contribution in [0.15, 0.2) is 16.7 Å². The number of amides is 1. The highest BCUT2D eigenvalue weighted by Gasteiger charge is 2.11. The molecule has 1 rings (SSSR count). The van der Waals surface area contributed by atoms with Gasteiger partial charge in [0.2, 0.25) is 0 Å². The molecule has 1 amide bonds. The summed E-state index contributed by atoms with van der Waals surface area (Å²) in [7, 11) is 0. The van der Waals surface area contributed by atoms with Crippen LogP contribution in [0, 0.1) is 6.92 Å². The summed E-state index contributed by atoms with van der Waals surface area (Å²) >= 11 is 3.45. The standard InChI is InChI=1S/C10H14BrNO2/c1-3-8(11)6-12-10(13)9-4-5-14-7(9)2/h4-5,8H,3,6H2,1-2H3,(H,12,13). The number of hydrogen-bond donors (Lipinski definition) is 1. The van der Waals surface area contributed by atoms with Crippen LogP contribution in [0.4, 0.5) is 0 Å². The molecule has 0 radical (unpaired) electrons. The lowest BCUT2D eigenvalue weighted by molar-refractivity contribution is 0.0952. The second-order valence-corrected chi connectivity index (χ2v) is 4.40. The van der Waals surface area contributed by atoms with Crippen molar-refractivity contribution in [3.8, 4) is 0 Å². The fraction of sp³-hybridized carbons (Fsp3) is 0.500. The van der Waals surface area contributed by atoms with E-state index in [4.69, 9.17) is 4.42 Å². The lowest BCUT2D eigenvalue weighted by Crippen LogP contribution is -2.29. The maximum Gasteiger partial charge on any atom is 0.254 e. The zero-order valence-electron chi connectivity index (χ0n) is 8.34. The summed E-state index contributed by atoms with van der Waals surface area (Å²) in [5.74, 6) is 0.583. The first-order chi connectivity index (χ1) is 6.65. The van der Waals surface area contributed by atoms with Crippen molar-refractivity contribution in [3.63, 3.8) is 0 Å². The van der Waals surface area contributed by atoms with Crippen LogP contribution in [-0.2, 0) is 0 Å². The molecular formula is C10H14BrNO2. The van der Waals surface area contributed by atoms with Crippen molar-refractivity contribution in [1.29, 1.82) is 0 Å². The number of alkyl halides is 1. The van der Waals surface area contributed by atoms with Crippen LogP contribution in [0.3, 0.4) is 0 Å². The quantitative estimate of drug-likeness (QED) is 0.845. The minimum absolute atomic E-state index is 0.0749. The smallest absolute Gasteiger partial charge is 0.254 e. The van der Waals surface area contributed by atoms with Crippen LogP contribution >= 0.6 is 15.9 Å². The Labute approximate surface area is 92.0 Å². The van der Waals surface area contributed by atoms with Crippen LogP contribution in [0.25, 0.3) is 0 Å². The molecule has 14 heavy (non-hydrogen) atoms. The molecule has 0 fully saturated rings. The molecule has 78 valence electrons. The van der Waals surface area contributed by atoms with E-state index in [1.165, 1.54) is 6.26 Å². The molecule has 1 N–H and O–H groups in total. The zero-order valence-corrected chi connectivity index (χ0v) is 9.93. The number of carbonyl (C=O) groups excluding carboxylic acids is 1. The molecule has 0 aromatic carbocycles. The van der Waals surface area contributed by atoms with E-state index in [-0.39, 0.29) is 5.91 Å². The zero-order chi connectivity index (χ0) is 10.6. The molecule has 0 aliphatic heterocycles. The maximum atomic E-state index is 11.6. The maximum absolute atomic E-state index is 11.6. The monoisotopic (exact) mass is 259 g/mol. The molecule has 0 aliphatic rings. The van der Waals surface area contributed by atoms with E-state index in [1.807, 2.05) is 0 Å². The van der Waals surface area contributed by atoms with Crippen molar-refractivity contribution in [2.45, 2.75) is 25.1 Å². The van der Waals surface area contributed by atoms with E-state index >= 15 is 0 Å². The molecule has 0 bridgehead atoms. The average molecular weight is 260 g/mol.